The van der Waals surface area contributed by atoms with Crippen LogP contribution in [0.15, 0.2) is 46.6 Å². The van der Waals surface area contributed by atoms with Gasteiger partial charge in [0.05, 0.1) is 0 Å². The zero-order valence-corrected chi connectivity index (χ0v) is 13.5. The molecule has 0 amide bonds. The molecule has 0 bridgehead atoms. The number of hydrogen-bond donors (Lipinski definition) is 0. The summed E-state index contributed by atoms with van der Waals surface area (Å²) < 4.78 is 55.6. The predicted molar refractivity (Wildman–Crippen MR) is 80.9 cm³/mol. The van der Waals surface area contributed by atoms with Gasteiger partial charge in [-0.2, -0.15) is 0 Å². The van der Waals surface area contributed by atoms with Crippen molar-refractivity contribution in [3.05, 3.63) is 46.6 Å². The van der Waals surface area contributed by atoms with Gasteiger partial charge in [-0.3, -0.25) is 0 Å². The fourth-order valence-electron chi connectivity index (χ4n) is 3.13. The van der Waals surface area contributed by atoms with E-state index in [0.717, 1.165) is 12.2 Å². The van der Waals surface area contributed by atoms with Crippen molar-refractivity contribution in [1.82, 2.24) is 0 Å². The van der Waals surface area contributed by atoms with E-state index in [1.165, 1.54) is 0 Å². The van der Waals surface area contributed by atoms with Gasteiger partial charge in [-0.15, -0.1) is 0 Å². The van der Waals surface area contributed by atoms with Gasteiger partial charge in [0.25, 0.3) is 0 Å². The van der Waals surface area contributed by atoms with Crippen molar-refractivity contribution in [3.63, 3.8) is 0 Å². The average Bonchev–Trinajstić information content (AvgIpc) is 2.24. The minimum absolute atomic E-state index is 0.325. The first kappa shape index (κ1) is 16.1. The van der Waals surface area contributed by atoms with Crippen LogP contribution in [-0.2, 0) is 9.84 Å². The molecule has 2 unspecified atom stereocenters. The van der Waals surface area contributed by atoms with E-state index in [1.807, 2.05) is 0 Å². The third-order valence-corrected chi connectivity index (χ3v) is 6.08. The van der Waals surface area contributed by atoms with Crippen molar-refractivity contribution in [2.75, 3.05) is 0 Å². The molecule has 0 saturated heterocycles. The molecule has 2 nitrogen and oxygen atoms in total. The summed E-state index contributed by atoms with van der Waals surface area (Å²) in [7, 11) is -4.68. The van der Waals surface area contributed by atoms with E-state index in [2.05, 4.69) is 0 Å². The highest BCUT2D eigenvalue weighted by molar-refractivity contribution is 7.94. The number of sulfone groups is 1. The standard InChI is InChI=1S/C16H20F2O2S/c1-11-5-12(2)8-15(17,7-11)21(19,20)16(18)9-13(3)6-14(4)10-16/h5-7,9H,8,10H2,1-4H3. The van der Waals surface area contributed by atoms with Crippen molar-refractivity contribution >= 4 is 9.84 Å². The van der Waals surface area contributed by atoms with E-state index < -0.39 is 19.8 Å². The highest BCUT2D eigenvalue weighted by atomic mass is 32.2. The first-order valence-electron chi connectivity index (χ1n) is 6.84. The van der Waals surface area contributed by atoms with Gasteiger partial charge in [0.1, 0.15) is 0 Å². The van der Waals surface area contributed by atoms with Crippen LogP contribution in [0.25, 0.3) is 0 Å². The van der Waals surface area contributed by atoms with Crippen LogP contribution in [0.5, 0.6) is 0 Å². The molecule has 0 heterocycles. The van der Waals surface area contributed by atoms with Crippen molar-refractivity contribution in [2.45, 2.75) is 50.5 Å². The summed E-state index contributed by atoms with van der Waals surface area (Å²) in [5.74, 6) is 0. The Morgan fingerprint density at radius 1 is 0.857 bits per heavy atom. The smallest absolute Gasteiger partial charge is 0.221 e. The molecule has 0 aromatic carbocycles. The lowest BCUT2D eigenvalue weighted by molar-refractivity contribution is 0.271. The molecular weight excluding hydrogens is 294 g/mol. The monoisotopic (exact) mass is 314 g/mol. The van der Waals surface area contributed by atoms with Crippen LogP contribution in [0, 0.1) is 0 Å². The third kappa shape index (κ3) is 2.63. The van der Waals surface area contributed by atoms with E-state index in [4.69, 9.17) is 0 Å². The maximum Gasteiger partial charge on any atom is 0.236 e. The first-order chi connectivity index (χ1) is 9.49. The van der Waals surface area contributed by atoms with E-state index in [9.17, 15) is 8.42 Å². The maximum atomic E-state index is 15.1. The molecule has 2 aliphatic rings. The summed E-state index contributed by atoms with van der Waals surface area (Å²) >= 11 is 0. The van der Waals surface area contributed by atoms with Gasteiger partial charge in [0, 0.05) is 12.8 Å². The summed E-state index contributed by atoms with van der Waals surface area (Å²) in [6.07, 6.45) is 4.82. The van der Waals surface area contributed by atoms with E-state index >= 15 is 8.78 Å². The second-order valence-electron chi connectivity index (χ2n) is 6.19. The lowest BCUT2D eigenvalue weighted by Gasteiger charge is -2.34. The van der Waals surface area contributed by atoms with Gasteiger partial charge in [0.2, 0.25) is 19.8 Å². The van der Waals surface area contributed by atoms with Crippen molar-refractivity contribution in [3.8, 4) is 0 Å². The Hall–Kier alpha value is -1.23. The molecule has 0 spiro atoms. The highest BCUT2D eigenvalue weighted by Crippen LogP contribution is 2.45. The van der Waals surface area contributed by atoms with Crippen LogP contribution in [0.2, 0.25) is 0 Å². The minimum Gasteiger partial charge on any atom is -0.221 e. The van der Waals surface area contributed by atoms with Crippen LogP contribution < -0.4 is 0 Å². The maximum absolute atomic E-state index is 15.1. The van der Waals surface area contributed by atoms with Crippen LogP contribution >= 0.6 is 0 Å². The fraction of sp³-hybridized carbons (Fsp3) is 0.500. The molecule has 2 aliphatic carbocycles. The molecule has 21 heavy (non-hydrogen) atoms. The Balaban J connectivity index is 2.54. The van der Waals surface area contributed by atoms with E-state index in [0.29, 0.717) is 22.3 Å². The third-order valence-electron chi connectivity index (χ3n) is 3.77. The number of hydrogen-bond acceptors (Lipinski definition) is 2. The normalized spacial score (nSPS) is 33.8. The zero-order chi connectivity index (χ0) is 16.1. The minimum atomic E-state index is -4.68. The molecule has 0 aromatic heterocycles. The summed E-state index contributed by atoms with van der Waals surface area (Å²) in [6, 6.07) is 0. The van der Waals surface area contributed by atoms with Crippen LogP contribution in [0.3, 0.4) is 0 Å². The molecule has 116 valence electrons. The van der Waals surface area contributed by atoms with Gasteiger partial charge >= 0.3 is 0 Å². The summed E-state index contributed by atoms with van der Waals surface area (Å²) in [4.78, 5) is 0. The second kappa shape index (κ2) is 4.90. The van der Waals surface area contributed by atoms with Gasteiger partial charge in [0.15, 0.2) is 0 Å². The molecule has 0 fully saturated rings. The summed E-state index contributed by atoms with van der Waals surface area (Å²) in [5.41, 5.74) is 2.18. The van der Waals surface area contributed by atoms with Gasteiger partial charge in [-0.1, -0.05) is 34.4 Å². The van der Waals surface area contributed by atoms with Crippen LogP contribution in [-0.4, -0.2) is 18.4 Å². The Morgan fingerprint density at radius 2 is 1.19 bits per heavy atom. The van der Waals surface area contributed by atoms with Crippen LogP contribution in [0.1, 0.15) is 40.5 Å². The quantitative estimate of drug-likeness (QED) is 0.760. The average molecular weight is 314 g/mol. The van der Waals surface area contributed by atoms with Crippen LogP contribution in [0.4, 0.5) is 8.78 Å². The first-order valence-corrected chi connectivity index (χ1v) is 8.33. The van der Waals surface area contributed by atoms with Crippen molar-refractivity contribution < 1.29 is 17.2 Å². The van der Waals surface area contributed by atoms with Gasteiger partial charge < -0.3 is 0 Å². The molecular formula is C16H20F2O2S. The Labute approximate surface area is 124 Å². The predicted octanol–water partition coefficient (Wildman–Crippen LogP) is 4.33. The van der Waals surface area contributed by atoms with Crippen molar-refractivity contribution in [1.29, 1.82) is 0 Å². The number of alkyl halides is 2. The second-order valence-corrected chi connectivity index (χ2v) is 8.55. The molecule has 0 radical (unpaired) electrons. The molecule has 2 rings (SSSR count). The molecule has 0 saturated carbocycles. The SMILES string of the molecule is CC1=CC(F)(S(=O)(=O)C2(F)C=C(C)C=C(C)C2)CC(C)=C1. The Kier molecular flexibility index (Phi) is 3.77. The van der Waals surface area contributed by atoms with Gasteiger partial charge in [-0.25, -0.2) is 17.2 Å². The Bertz CT molecular complexity index is 644. The van der Waals surface area contributed by atoms with E-state index in [-0.39, 0.29) is 12.8 Å². The number of halogens is 2. The molecule has 0 aliphatic heterocycles. The summed E-state index contributed by atoms with van der Waals surface area (Å²) in [6.45, 7) is 6.53. The number of rotatable bonds is 2. The van der Waals surface area contributed by atoms with E-state index in [1.54, 1.807) is 39.8 Å². The lowest BCUT2D eigenvalue weighted by Crippen LogP contribution is -2.47. The van der Waals surface area contributed by atoms with Gasteiger partial charge in [-0.05, 0) is 39.8 Å². The molecule has 0 aromatic rings. The fourth-order valence-corrected chi connectivity index (χ4v) is 5.21. The lowest BCUT2D eigenvalue weighted by atomic mass is 9.99. The molecule has 5 heteroatoms. The largest absolute Gasteiger partial charge is 0.236 e. The Morgan fingerprint density at radius 3 is 1.48 bits per heavy atom. The zero-order valence-electron chi connectivity index (χ0n) is 12.7. The molecule has 2 atom stereocenters. The molecule has 0 N–H and O–H groups in total. The van der Waals surface area contributed by atoms with Crippen molar-refractivity contribution in [2.24, 2.45) is 0 Å². The number of allylic oxidation sites excluding steroid dienone is 6. The topological polar surface area (TPSA) is 34.1 Å². The highest BCUT2D eigenvalue weighted by Gasteiger charge is 2.57. The summed E-state index contributed by atoms with van der Waals surface area (Å²) in [5, 5.41) is -5.39.